The predicted molar refractivity (Wildman–Crippen MR) is 87.4 cm³/mol. The van der Waals surface area contributed by atoms with Crippen molar-refractivity contribution < 1.29 is 14.1 Å². The van der Waals surface area contributed by atoms with Crippen LogP contribution in [0.4, 0.5) is 5.69 Å². The third-order valence-corrected chi connectivity index (χ3v) is 3.47. The molecule has 0 aliphatic heterocycles. The molecule has 0 amide bonds. The first-order valence-corrected chi connectivity index (χ1v) is 7.42. The minimum Gasteiger partial charge on any atom is -0.439 e. The summed E-state index contributed by atoms with van der Waals surface area (Å²) in [7, 11) is 0. The van der Waals surface area contributed by atoms with Gasteiger partial charge in [0.25, 0.3) is 5.69 Å². The average molecular weight is 326 g/mol. The van der Waals surface area contributed by atoms with Gasteiger partial charge in [-0.15, -0.1) is 0 Å². The van der Waals surface area contributed by atoms with Gasteiger partial charge in [0.1, 0.15) is 17.5 Å². The SMILES string of the molecule is CCCc1cc(=O)oc2cc(Oc3ccc([N+](=O)[O-])cn3)ccc12. The molecule has 0 spiro atoms. The highest BCUT2D eigenvalue weighted by molar-refractivity contribution is 5.81. The van der Waals surface area contributed by atoms with Crippen molar-refractivity contribution in [1.29, 1.82) is 0 Å². The van der Waals surface area contributed by atoms with Crippen LogP contribution in [-0.4, -0.2) is 9.91 Å². The highest BCUT2D eigenvalue weighted by Gasteiger charge is 2.09. The monoisotopic (exact) mass is 326 g/mol. The van der Waals surface area contributed by atoms with Crippen LogP contribution in [-0.2, 0) is 6.42 Å². The normalized spacial score (nSPS) is 10.7. The smallest absolute Gasteiger partial charge is 0.336 e. The molecule has 122 valence electrons. The van der Waals surface area contributed by atoms with Crippen LogP contribution in [0, 0.1) is 10.1 Å². The Kier molecular flexibility index (Phi) is 4.24. The molecule has 0 aliphatic rings. The van der Waals surface area contributed by atoms with E-state index in [2.05, 4.69) is 4.98 Å². The van der Waals surface area contributed by atoms with Gasteiger partial charge >= 0.3 is 5.63 Å². The number of pyridine rings is 1. The van der Waals surface area contributed by atoms with Gasteiger partial charge in [0.15, 0.2) is 0 Å². The summed E-state index contributed by atoms with van der Waals surface area (Å²) < 4.78 is 10.8. The van der Waals surface area contributed by atoms with E-state index < -0.39 is 10.5 Å². The quantitative estimate of drug-likeness (QED) is 0.401. The molecule has 0 atom stereocenters. The number of benzene rings is 1. The number of ether oxygens (including phenoxy) is 1. The van der Waals surface area contributed by atoms with Gasteiger partial charge in [-0.05, 0) is 24.1 Å². The summed E-state index contributed by atoms with van der Waals surface area (Å²) in [5, 5.41) is 11.5. The molecule has 0 unspecified atom stereocenters. The van der Waals surface area contributed by atoms with E-state index in [0.29, 0.717) is 11.3 Å². The highest BCUT2D eigenvalue weighted by atomic mass is 16.6. The molecule has 0 N–H and O–H groups in total. The number of nitrogens with zero attached hydrogens (tertiary/aromatic N) is 2. The van der Waals surface area contributed by atoms with Crippen molar-refractivity contribution in [3.8, 4) is 11.6 Å². The first kappa shape index (κ1) is 15.7. The Hall–Kier alpha value is -3.22. The molecule has 1 aromatic carbocycles. The Morgan fingerprint density at radius 1 is 1.25 bits per heavy atom. The first-order valence-electron chi connectivity index (χ1n) is 7.42. The number of hydrogen-bond acceptors (Lipinski definition) is 6. The van der Waals surface area contributed by atoms with E-state index in [9.17, 15) is 14.9 Å². The Labute approximate surface area is 136 Å². The van der Waals surface area contributed by atoms with Crippen LogP contribution in [0.5, 0.6) is 11.6 Å². The second kappa shape index (κ2) is 6.49. The molecule has 3 aromatic rings. The van der Waals surface area contributed by atoms with E-state index in [1.165, 1.54) is 18.2 Å². The van der Waals surface area contributed by atoms with Crippen molar-refractivity contribution in [3.63, 3.8) is 0 Å². The second-order valence-corrected chi connectivity index (χ2v) is 5.21. The molecule has 0 fully saturated rings. The lowest BCUT2D eigenvalue weighted by molar-refractivity contribution is -0.385. The van der Waals surface area contributed by atoms with E-state index in [0.717, 1.165) is 30.0 Å². The lowest BCUT2D eigenvalue weighted by Gasteiger charge is -2.07. The summed E-state index contributed by atoms with van der Waals surface area (Å²) >= 11 is 0. The van der Waals surface area contributed by atoms with Crippen molar-refractivity contribution in [2.75, 3.05) is 0 Å². The van der Waals surface area contributed by atoms with Crippen LogP contribution < -0.4 is 10.4 Å². The summed E-state index contributed by atoms with van der Waals surface area (Å²) in [6, 6.07) is 9.40. The fourth-order valence-electron chi connectivity index (χ4n) is 2.41. The first-order chi connectivity index (χ1) is 11.6. The maximum absolute atomic E-state index is 11.7. The average Bonchev–Trinajstić information content (AvgIpc) is 2.55. The molecule has 2 heterocycles. The standard InChI is InChI=1S/C17H14N2O5/c1-2-3-11-8-17(20)24-15-9-13(5-6-14(11)15)23-16-7-4-12(10-18-16)19(21)22/h4-10H,2-3H2,1H3. The van der Waals surface area contributed by atoms with Crippen LogP contribution in [0.3, 0.4) is 0 Å². The fourth-order valence-corrected chi connectivity index (χ4v) is 2.41. The molecule has 0 aliphatic carbocycles. The van der Waals surface area contributed by atoms with Gasteiger partial charge in [-0.25, -0.2) is 9.78 Å². The van der Waals surface area contributed by atoms with Crippen LogP contribution in [0.2, 0.25) is 0 Å². The molecular formula is C17H14N2O5. The van der Waals surface area contributed by atoms with Gasteiger partial charge < -0.3 is 9.15 Å². The van der Waals surface area contributed by atoms with E-state index in [1.54, 1.807) is 12.1 Å². The molecule has 0 saturated heterocycles. The predicted octanol–water partition coefficient (Wildman–Crippen LogP) is 3.84. The number of nitro groups is 1. The van der Waals surface area contributed by atoms with Gasteiger partial charge in [-0.2, -0.15) is 0 Å². The third kappa shape index (κ3) is 3.24. The lowest BCUT2D eigenvalue weighted by atomic mass is 10.1. The zero-order valence-electron chi connectivity index (χ0n) is 12.9. The molecule has 0 radical (unpaired) electrons. The van der Waals surface area contributed by atoms with Gasteiger partial charge in [-0.3, -0.25) is 10.1 Å². The topological polar surface area (TPSA) is 95.5 Å². The molecule has 0 saturated carbocycles. The minimum absolute atomic E-state index is 0.115. The number of fused-ring (bicyclic) bond motifs is 1. The largest absolute Gasteiger partial charge is 0.439 e. The van der Waals surface area contributed by atoms with Crippen LogP contribution in [0.25, 0.3) is 11.0 Å². The maximum atomic E-state index is 11.7. The summed E-state index contributed by atoms with van der Waals surface area (Å²) in [6.45, 7) is 2.04. The summed E-state index contributed by atoms with van der Waals surface area (Å²) in [4.78, 5) is 25.6. The van der Waals surface area contributed by atoms with Gasteiger partial charge in [0.2, 0.25) is 5.88 Å². The summed E-state index contributed by atoms with van der Waals surface area (Å²) in [5.41, 5.74) is 0.849. The third-order valence-electron chi connectivity index (χ3n) is 3.47. The maximum Gasteiger partial charge on any atom is 0.336 e. The number of aromatic nitrogens is 1. The Bertz CT molecular complexity index is 947. The van der Waals surface area contributed by atoms with Crippen molar-refractivity contribution in [1.82, 2.24) is 4.98 Å². The number of hydrogen-bond donors (Lipinski definition) is 0. The van der Waals surface area contributed by atoms with Crippen molar-refractivity contribution >= 4 is 16.7 Å². The molecule has 7 heteroatoms. The fraction of sp³-hybridized carbons (Fsp3) is 0.176. The second-order valence-electron chi connectivity index (χ2n) is 5.21. The zero-order chi connectivity index (χ0) is 17.1. The van der Waals surface area contributed by atoms with Crippen LogP contribution in [0.1, 0.15) is 18.9 Å². The molecule has 2 aromatic heterocycles. The number of aryl methyl sites for hydroxylation is 1. The highest BCUT2D eigenvalue weighted by Crippen LogP contribution is 2.27. The van der Waals surface area contributed by atoms with Crippen LogP contribution in [0.15, 0.2) is 51.8 Å². The van der Waals surface area contributed by atoms with Gasteiger partial charge in [0, 0.05) is 29.7 Å². The minimum atomic E-state index is -0.531. The summed E-state index contributed by atoms with van der Waals surface area (Å²) in [5.74, 6) is 0.646. The molecule has 7 nitrogen and oxygen atoms in total. The van der Waals surface area contributed by atoms with E-state index in [4.69, 9.17) is 9.15 Å². The van der Waals surface area contributed by atoms with E-state index >= 15 is 0 Å². The lowest BCUT2D eigenvalue weighted by Crippen LogP contribution is -2.00. The van der Waals surface area contributed by atoms with E-state index in [-0.39, 0.29) is 11.6 Å². The summed E-state index contributed by atoms with van der Waals surface area (Å²) in [6.07, 6.45) is 2.82. The zero-order valence-corrected chi connectivity index (χ0v) is 12.9. The van der Waals surface area contributed by atoms with Crippen LogP contribution >= 0.6 is 0 Å². The van der Waals surface area contributed by atoms with Gasteiger partial charge in [-0.1, -0.05) is 13.3 Å². The molecule has 0 bridgehead atoms. The molecule has 3 rings (SSSR count). The number of rotatable bonds is 5. The Balaban J connectivity index is 1.93. The van der Waals surface area contributed by atoms with Gasteiger partial charge in [0.05, 0.1) is 4.92 Å². The van der Waals surface area contributed by atoms with Crippen molar-refractivity contribution in [2.45, 2.75) is 19.8 Å². The Morgan fingerprint density at radius 2 is 2.08 bits per heavy atom. The van der Waals surface area contributed by atoms with Crippen molar-refractivity contribution in [2.24, 2.45) is 0 Å². The Morgan fingerprint density at radius 3 is 2.75 bits per heavy atom. The van der Waals surface area contributed by atoms with E-state index in [1.807, 2.05) is 13.0 Å². The molecular weight excluding hydrogens is 312 g/mol. The molecule has 24 heavy (non-hydrogen) atoms. The van der Waals surface area contributed by atoms with Crippen molar-refractivity contribution in [3.05, 3.63) is 68.7 Å².